The number of benzene rings is 1. The van der Waals surface area contributed by atoms with E-state index in [1.54, 1.807) is 5.38 Å². The molecule has 1 unspecified atom stereocenters. The van der Waals surface area contributed by atoms with E-state index >= 15 is 0 Å². The number of rotatable bonds is 10. The number of nitrogens with zero attached hydrogens (tertiary/aromatic N) is 2. The molecule has 4 N–H and O–H groups in total. The predicted octanol–water partition coefficient (Wildman–Crippen LogP) is 3.14. The fourth-order valence-electron chi connectivity index (χ4n) is 4.08. The standard InChI is InChI=1S/C23H23F3N4O6S2/c24-23(25,26)17-3-1-2-4-19(17)35-9-13-5-20(37-11-13)21(32)16-8-28-12-29-22(16)30-15-6-14(18(31)7-15)10-36-38(27,33)34/h1-5,8,11-12,14-15,18,31H,6-7,9-10H2,(H2,27,33,34)(H,28,29,30)/t14?,15-,18+/m1/s1. The Morgan fingerprint density at radius 2 is 2.03 bits per heavy atom. The molecular formula is C23H23F3N4O6S2. The van der Waals surface area contributed by atoms with Crippen molar-refractivity contribution in [3.63, 3.8) is 0 Å². The molecule has 0 spiro atoms. The van der Waals surface area contributed by atoms with E-state index in [1.165, 1.54) is 36.8 Å². The van der Waals surface area contributed by atoms with E-state index in [0.717, 1.165) is 17.4 Å². The molecule has 15 heteroatoms. The Kier molecular flexibility index (Phi) is 8.32. The minimum atomic E-state index is -4.56. The zero-order valence-electron chi connectivity index (χ0n) is 19.6. The number of aliphatic hydroxyl groups excluding tert-OH is 1. The Balaban J connectivity index is 1.42. The second-order valence-electron chi connectivity index (χ2n) is 8.63. The van der Waals surface area contributed by atoms with Crippen LogP contribution in [0, 0.1) is 5.92 Å². The smallest absolute Gasteiger partial charge is 0.419 e. The Labute approximate surface area is 219 Å². The summed E-state index contributed by atoms with van der Waals surface area (Å²) in [5, 5.41) is 19.8. The minimum absolute atomic E-state index is 0.156. The fraction of sp³-hybridized carbons (Fsp3) is 0.348. The lowest BCUT2D eigenvalue weighted by Gasteiger charge is -2.15. The van der Waals surface area contributed by atoms with E-state index in [4.69, 9.17) is 9.88 Å². The summed E-state index contributed by atoms with van der Waals surface area (Å²) in [5.74, 6) is -0.990. The fourth-order valence-corrected chi connectivity index (χ4v) is 5.29. The van der Waals surface area contributed by atoms with Gasteiger partial charge in [-0.1, -0.05) is 12.1 Å². The monoisotopic (exact) mass is 572 g/mol. The molecule has 1 aromatic carbocycles. The number of ether oxygens (including phenoxy) is 1. The van der Waals surface area contributed by atoms with Crippen LogP contribution in [0.4, 0.5) is 19.0 Å². The average molecular weight is 573 g/mol. The number of nitrogens with two attached hydrogens (primary N) is 1. The zero-order valence-corrected chi connectivity index (χ0v) is 21.2. The van der Waals surface area contributed by atoms with E-state index in [9.17, 15) is 31.5 Å². The van der Waals surface area contributed by atoms with Crippen molar-refractivity contribution in [3.05, 3.63) is 69.8 Å². The maximum atomic E-state index is 13.2. The van der Waals surface area contributed by atoms with E-state index in [-0.39, 0.29) is 42.8 Å². The highest BCUT2D eigenvalue weighted by Gasteiger charge is 2.35. The van der Waals surface area contributed by atoms with Crippen molar-refractivity contribution in [2.24, 2.45) is 11.1 Å². The van der Waals surface area contributed by atoms with Crippen LogP contribution < -0.4 is 15.2 Å². The van der Waals surface area contributed by atoms with Crippen LogP contribution in [0.25, 0.3) is 0 Å². The van der Waals surface area contributed by atoms with Gasteiger partial charge in [0.2, 0.25) is 5.78 Å². The van der Waals surface area contributed by atoms with Gasteiger partial charge in [-0.25, -0.2) is 15.1 Å². The van der Waals surface area contributed by atoms with Crippen LogP contribution in [0.3, 0.4) is 0 Å². The maximum Gasteiger partial charge on any atom is 0.419 e. The Morgan fingerprint density at radius 3 is 2.76 bits per heavy atom. The van der Waals surface area contributed by atoms with Crippen molar-refractivity contribution >= 4 is 33.2 Å². The third-order valence-electron chi connectivity index (χ3n) is 5.87. The molecular weight excluding hydrogens is 549 g/mol. The van der Waals surface area contributed by atoms with E-state index in [0.29, 0.717) is 16.9 Å². The molecule has 3 atom stereocenters. The van der Waals surface area contributed by atoms with Gasteiger partial charge in [0.1, 0.15) is 24.5 Å². The van der Waals surface area contributed by atoms with Crippen LogP contribution in [-0.4, -0.2) is 48.0 Å². The number of anilines is 1. The summed E-state index contributed by atoms with van der Waals surface area (Å²) in [6.45, 7) is -0.448. The molecule has 1 aliphatic carbocycles. The quantitative estimate of drug-likeness (QED) is 0.311. The normalized spacial score (nSPS) is 19.9. The lowest BCUT2D eigenvalue weighted by atomic mass is 10.1. The number of nitrogens with one attached hydrogen (secondary N) is 1. The number of aliphatic hydroxyl groups is 1. The van der Waals surface area contributed by atoms with Crippen LogP contribution in [0.5, 0.6) is 5.75 Å². The summed E-state index contributed by atoms with van der Waals surface area (Å²) >= 11 is 1.10. The van der Waals surface area contributed by atoms with Crippen LogP contribution in [0.15, 0.2) is 48.2 Å². The van der Waals surface area contributed by atoms with Gasteiger partial charge in [-0.05, 0) is 36.4 Å². The number of alkyl halides is 3. The van der Waals surface area contributed by atoms with Gasteiger partial charge in [-0.2, -0.15) is 21.6 Å². The topological polar surface area (TPSA) is 154 Å². The van der Waals surface area contributed by atoms with Gasteiger partial charge < -0.3 is 15.2 Å². The second kappa shape index (κ2) is 11.3. The van der Waals surface area contributed by atoms with Gasteiger partial charge in [-0.3, -0.25) is 8.98 Å². The number of hydrogen-bond donors (Lipinski definition) is 3. The maximum absolute atomic E-state index is 13.2. The molecule has 0 aliphatic heterocycles. The van der Waals surface area contributed by atoms with Gasteiger partial charge >= 0.3 is 16.5 Å². The summed E-state index contributed by atoms with van der Waals surface area (Å²) in [6.07, 6.45) is -2.23. The second-order valence-corrected chi connectivity index (χ2v) is 10.8. The first-order valence-corrected chi connectivity index (χ1v) is 13.6. The number of halogens is 3. The molecule has 0 saturated heterocycles. The molecule has 204 valence electrons. The van der Waals surface area contributed by atoms with Crippen molar-refractivity contribution in [2.45, 2.75) is 37.8 Å². The molecule has 1 fully saturated rings. The molecule has 0 bridgehead atoms. The highest BCUT2D eigenvalue weighted by Crippen LogP contribution is 2.36. The molecule has 38 heavy (non-hydrogen) atoms. The Hall–Kier alpha value is -3.11. The molecule has 3 aromatic rings. The summed E-state index contributed by atoms with van der Waals surface area (Å²) in [7, 11) is -4.14. The van der Waals surface area contributed by atoms with E-state index < -0.39 is 39.8 Å². The van der Waals surface area contributed by atoms with Crippen molar-refractivity contribution in [3.8, 4) is 5.75 Å². The molecule has 0 amide bonds. The first kappa shape index (κ1) is 27.9. The van der Waals surface area contributed by atoms with E-state index in [1.807, 2.05) is 0 Å². The van der Waals surface area contributed by atoms with Crippen molar-refractivity contribution in [1.29, 1.82) is 0 Å². The number of carbonyl (C=O) groups is 1. The van der Waals surface area contributed by atoms with Gasteiger partial charge in [0.05, 0.1) is 28.7 Å². The Bertz CT molecular complexity index is 1400. The summed E-state index contributed by atoms with van der Waals surface area (Å²) < 4.78 is 71.6. The van der Waals surface area contributed by atoms with E-state index in [2.05, 4.69) is 19.5 Å². The van der Waals surface area contributed by atoms with Crippen LogP contribution in [0.1, 0.15) is 39.2 Å². The molecule has 2 heterocycles. The van der Waals surface area contributed by atoms with Crippen molar-refractivity contribution in [2.75, 3.05) is 11.9 Å². The predicted molar refractivity (Wildman–Crippen MR) is 131 cm³/mol. The molecule has 10 nitrogen and oxygen atoms in total. The number of ketones is 1. The largest absolute Gasteiger partial charge is 0.488 e. The molecule has 0 radical (unpaired) electrons. The highest BCUT2D eigenvalue weighted by atomic mass is 32.2. The van der Waals surface area contributed by atoms with Gasteiger partial charge in [0, 0.05) is 23.7 Å². The lowest BCUT2D eigenvalue weighted by Crippen LogP contribution is -2.24. The third kappa shape index (κ3) is 7.05. The number of carbonyl (C=O) groups excluding carboxylic acids is 1. The molecule has 4 rings (SSSR count). The zero-order chi connectivity index (χ0) is 27.5. The van der Waals surface area contributed by atoms with Crippen LogP contribution in [0.2, 0.25) is 0 Å². The lowest BCUT2D eigenvalue weighted by molar-refractivity contribution is -0.139. The average Bonchev–Trinajstić information content (AvgIpc) is 3.47. The molecule has 1 aliphatic rings. The first-order valence-electron chi connectivity index (χ1n) is 11.2. The first-order chi connectivity index (χ1) is 17.9. The summed E-state index contributed by atoms with van der Waals surface area (Å²) in [6, 6.07) is 6.07. The minimum Gasteiger partial charge on any atom is -0.488 e. The van der Waals surface area contributed by atoms with Crippen LogP contribution >= 0.6 is 11.3 Å². The van der Waals surface area contributed by atoms with Gasteiger partial charge in [0.15, 0.2) is 0 Å². The number of thiophene rings is 1. The molecule has 2 aromatic heterocycles. The summed E-state index contributed by atoms with van der Waals surface area (Å²) in [4.78, 5) is 21.6. The molecule has 1 saturated carbocycles. The third-order valence-corrected chi connectivity index (χ3v) is 7.31. The van der Waals surface area contributed by atoms with Crippen LogP contribution in [-0.2, 0) is 27.3 Å². The van der Waals surface area contributed by atoms with Gasteiger partial charge in [0.25, 0.3) is 0 Å². The SMILES string of the molecule is NS(=O)(=O)OCC1C[C@@H](Nc2ncncc2C(=O)c2cc(COc3ccccc3C(F)(F)F)cs2)C[C@@H]1O. The Morgan fingerprint density at radius 1 is 1.26 bits per heavy atom. The number of hydrogen-bond acceptors (Lipinski definition) is 10. The number of aromatic nitrogens is 2. The van der Waals surface area contributed by atoms with Crippen molar-refractivity contribution in [1.82, 2.24) is 9.97 Å². The van der Waals surface area contributed by atoms with Gasteiger partial charge in [-0.15, -0.1) is 11.3 Å². The number of para-hydroxylation sites is 1. The highest BCUT2D eigenvalue weighted by molar-refractivity contribution is 7.84. The van der Waals surface area contributed by atoms with Crippen molar-refractivity contribution < 1.29 is 40.4 Å². The summed E-state index contributed by atoms with van der Waals surface area (Å²) in [5.41, 5.74) is -0.222.